The topological polar surface area (TPSA) is 78.7 Å². The second kappa shape index (κ2) is 10.7. The molecule has 1 saturated heterocycles. The second-order valence-electron chi connectivity index (χ2n) is 6.72. The highest BCUT2D eigenvalue weighted by molar-refractivity contribution is 5.85. The standard InChI is InChI=1S/C18H26N4O2.2ClH/c19-16(14-4-2-1-3-5-14)12-18(24)22-10-8-21(9-11-22)13-17(23)20-15-6-7-15;;/h1-5,15-16H,6-13,19H2,(H,20,23);2*1H. The fourth-order valence-electron chi connectivity index (χ4n) is 2.99. The van der Waals surface area contributed by atoms with Gasteiger partial charge in [-0.2, -0.15) is 0 Å². The summed E-state index contributed by atoms with van der Waals surface area (Å²) in [7, 11) is 0. The molecule has 1 aromatic rings. The van der Waals surface area contributed by atoms with Crippen molar-refractivity contribution in [3.63, 3.8) is 0 Å². The van der Waals surface area contributed by atoms with E-state index in [1.165, 1.54) is 0 Å². The van der Waals surface area contributed by atoms with Crippen LogP contribution < -0.4 is 11.1 Å². The van der Waals surface area contributed by atoms with E-state index in [1.807, 2.05) is 35.2 Å². The van der Waals surface area contributed by atoms with Crippen molar-refractivity contribution in [2.24, 2.45) is 5.73 Å². The summed E-state index contributed by atoms with van der Waals surface area (Å²) in [6, 6.07) is 9.86. The lowest BCUT2D eigenvalue weighted by molar-refractivity contribution is -0.133. The molecule has 1 atom stereocenters. The maximum atomic E-state index is 12.4. The normalized spacial score (nSPS) is 18.3. The molecule has 0 aromatic heterocycles. The molecule has 1 unspecified atom stereocenters. The highest BCUT2D eigenvalue weighted by atomic mass is 35.5. The fourth-order valence-corrected chi connectivity index (χ4v) is 2.99. The Kier molecular flexibility index (Phi) is 9.36. The number of carbonyl (C=O) groups is 2. The number of nitrogens with two attached hydrogens (primary N) is 1. The molecule has 0 spiro atoms. The van der Waals surface area contributed by atoms with E-state index >= 15 is 0 Å². The first kappa shape index (κ1) is 22.7. The van der Waals surface area contributed by atoms with Gasteiger partial charge in [0.2, 0.25) is 11.8 Å². The molecule has 0 bridgehead atoms. The largest absolute Gasteiger partial charge is 0.352 e. The highest BCUT2D eigenvalue weighted by Gasteiger charge is 2.26. The monoisotopic (exact) mass is 402 g/mol. The Hall–Kier alpha value is -1.34. The summed E-state index contributed by atoms with van der Waals surface area (Å²) < 4.78 is 0. The smallest absolute Gasteiger partial charge is 0.234 e. The Balaban J connectivity index is 0.00000169. The minimum Gasteiger partial charge on any atom is -0.352 e. The summed E-state index contributed by atoms with van der Waals surface area (Å²) in [5, 5.41) is 3.00. The number of hydrogen-bond acceptors (Lipinski definition) is 4. The minimum atomic E-state index is -0.263. The molecule has 1 heterocycles. The van der Waals surface area contributed by atoms with Crippen LogP contribution in [0.5, 0.6) is 0 Å². The van der Waals surface area contributed by atoms with E-state index in [9.17, 15) is 9.59 Å². The van der Waals surface area contributed by atoms with Gasteiger partial charge in [-0.05, 0) is 18.4 Å². The van der Waals surface area contributed by atoms with Gasteiger partial charge in [-0.3, -0.25) is 14.5 Å². The predicted molar refractivity (Wildman–Crippen MR) is 107 cm³/mol. The second-order valence-corrected chi connectivity index (χ2v) is 6.72. The van der Waals surface area contributed by atoms with Crippen molar-refractivity contribution in [1.29, 1.82) is 0 Å². The first-order chi connectivity index (χ1) is 11.6. The Morgan fingerprint density at radius 2 is 1.69 bits per heavy atom. The van der Waals surface area contributed by atoms with Crippen molar-refractivity contribution in [2.75, 3.05) is 32.7 Å². The summed E-state index contributed by atoms with van der Waals surface area (Å²) >= 11 is 0. The maximum absolute atomic E-state index is 12.4. The summed E-state index contributed by atoms with van der Waals surface area (Å²) in [5.41, 5.74) is 7.12. The molecular weight excluding hydrogens is 375 g/mol. The molecule has 146 valence electrons. The number of piperazine rings is 1. The van der Waals surface area contributed by atoms with Crippen LogP contribution in [0.4, 0.5) is 0 Å². The van der Waals surface area contributed by atoms with Crippen LogP contribution in [-0.2, 0) is 9.59 Å². The van der Waals surface area contributed by atoms with Crippen LogP contribution in [0.2, 0.25) is 0 Å². The lowest BCUT2D eigenvalue weighted by Crippen LogP contribution is -2.51. The summed E-state index contributed by atoms with van der Waals surface area (Å²) in [6.45, 7) is 3.24. The molecule has 1 saturated carbocycles. The molecule has 0 radical (unpaired) electrons. The van der Waals surface area contributed by atoms with Gasteiger partial charge in [-0.1, -0.05) is 30.3 Å². The van der Waals surface area contributed by atoms with Crippen LogP contribution in [0.1, 0.15) is 30.9 Å². The number of benzene rings is 1. The zero-order valence-corrected chi connectivity index (χ0v) is 16.4. The van der Waals surface area contributed by atoms with E-state index in [1.54, 1.807) is 0 Å². The first-order valence-corrected chi connectivity index (χ1v) is 8.72. The Bertz CT molecular complexity index is 576. The average molecular weight is 403 g/mol. The van der Waals surface area contributed by atoms with E-state index in [0.717, 1.165) is 31.5 Å². The molecule has 1 aliphatic heterocycles. The summed E-state index contributed by atoms with van der Waals surface area (Å²) in [5.74, 6) is 0.191. The number of hydrogen-bond donors (Lipinski definition) is 2. The molecule has 6 nitrogen and oxygen atoms in total. The summed E-state index contributed by atoms with van der Waals surface area (Å²) in [6.07, 6.45) is 2.54. The van der Waals surface area contributed by atoms with Crippen LogP contribution in [0.25, 0.3) is 0 Å². The summed E-state index contributed by atoms with van der Waals surface area (Å²) in [4.78, 5) is 28.2. The lowest BCUT2D eigenvalue weighted by Gasteiger charge is -2.34. The van der Waals surface area contributed by atoms with Crippen LogP contribution in [0.15, 0.2) is 30.3 Å². The lowest BCUT2D eigenvalue weighted by atomic mass is 10.0. The molecule has 2 amide bonds. The van der Waals surface area contributed by atoms with Gasteiger partial charge in [0, 0.05) is 44.7 Å². The van der Waals surface area contributed by atoms with Crippen LogP contribution in [-0.4, -0.2) is 60.4 Å². The zero-order valence-electron chi connectivity index (χ0n) is 14.8. The van der Waals surface area contributed by atoms with Gasteiger partial charge in [0.1, 0.15) is 0 Å². The van der Waals surface area contributed by atoms with Gasteiger partial charge in [-0.15, -0.1) is 24.8 Å². The van der Waals surface area contributed by atoms with Gasteiger partial charge in [0.05, 0.1) is 6.54 Å². The average Bonchev–Trinajstić information content (AvgIpc) is 3.40. The van der Waals surface area contributed by atoms with Crippen LogP contribution >= 0.6 is 24.8 Å². The van der Waals surface area contributed by atoms with Gasteiger partial charge in [-0.25, -0.2) is 0 Å². The number of rotatable bonds is 6. The minimum absolute atomic E-state index is 0. The van der Waals surface area contributed by atoms with Gasteiger partial charge >= 0.3 is 0 Å². The highest BCUT2D eigenvalue weighted by Crippen LogP contribution is 2.18. The molecule has 3 rings (SSSR count). The van der Waals surface area contributed by atoms with Crippen molar-refractivity contribution in [3.8, 4) is 0 Å². The van der Waals surface area contributed by atoms with Crippen molar-refractivity contribution in [2.45, 2.75) is 31.3 Å². The molecule has 26 heavy (non-hydrogen) atoms. The maximum Gasteiger partial charge on any atom is 0.234 e. The van der Waals surface area contributed by atoms with E-state index < -0.39 is 0 Å². The number of amides is 2. The molecular formula is C18H28Cl2N4O2. The van der Waals surface area contributed by atoms with Crippen LogP contribution in [0.3, 0.4) is 0 Å². The Morgan fingerprint density at radius 3 is 2.27 bits per heavy atom. The van der Waals surface area contributed by atoms with Crippen molar-refractivity contribution in [1.82, 2.24) is 15.1 Å². The number of nitrogens with zero attached hydrogens (tertiary/aromatic N) is 2. The van der Waals surface area contributed by atoms with Crippen molar-refractivity contribution in [3.05, 3.63) is 35.9 Å². The van der Waals surface area contributed by atoms with Gasteiger partial charge in [0.25, 0.3) is 0 Å². The number of carbonyl (C=O) groups excluding carboxylic acids is 2. The predicted octanol–water partition coefficient (Wildman–Crippen LogP) is 1.34. The van der Waals surface area contributed by atoms with E-state index in [-0.39, 0.29) is 42.7 Å². The van der Waals surface area contributed by atoms with Gasteiger partial charge in [0.15, 0.2) is 0 Å². The third-order valence-electron chi connectivity index (χ3n) is 4.66. The third kappa shape index (κ3) is 6.76. The molecule has 8 heteroatoms. The molecule has 2 aliphatic rings. The Morgan fingerprint density at radius 1 is 1.08 bits per heavy atom. The van der Waals surface area contributed by atoms with Crippen molar-refractivity contribution >= 4 is 36.6 Å². The molecule has 2 fully saturated rings. The molecule has 1 aliphatic carbocycles. The number of nitrogens with one attached hydrogen (secondary N) is 1. The fraction of sp³-hybridized carbons (Fsp3) is 0.556. The van der Waals surface area contributed by atoms with Crippen molar-refractivity contribution < 1.29 is 9.59 Å². The number of halogens is 2. The third-order valence-corrected chi connectivity index (χ3v) is 4.66. The van der Waals surface area contributed by atoms with E-state index in [4.69, 9.17) is 5.73 Å². The van der Waals surface area contributed by atoms with E-state index in [2.05, 4.69) is 10.2 Å². The molecule has 1 aromatic carbocycles. The SMILES string of the molecule is Cl.Cl.NC(CC(=O)N1CCN(CC(=O)NC2CC2)CC1)c1ccccc1. The Labute approximate surface area is 167 Å². The van der Waals surface area contributed by atoms with E-state index in [0.29, 0.717) is 32.1 Å². The molecule has 3 N–H and O–H groups in total. The quantitative estimate of drug-likeness (QED) is 0.752. The first-order valence-electron chi connectivity index (χ1n) is 8.72. The zero-order chi connectivity index (χ0) is 16.9. The van der Waals surface area contributed by atoms with Gasteiger partial charge < -0.3 is 16.0 Å². The van der Waals surface area contributed by atoms with Crippen LogP contribution in [0, 0.1) is 0 Å².